The predicted molar refractivity (Wildman–Crippen MR) is 72.0 cm³/mol. The van der Waals surface area contributed by atoms with Gasteiger partial charge in [-0.3, -0.25) is 10.00 Å². The summed E-state index contributed by atoms with van der Waals surface area (Å²) in [5, 5.41) is 7.02. The van der Waals surface area contributed by atoms with Gasteiger partial charge in [-0.1, -0.05) is 36.8 Å². The third-order valence-electron chi connectivity index (χ3n) is 3.75. The van der Waals surface area contributed by atoms with Crippen molar-refractivity contribution in [1.82, 2.24) is 15.1 Å². The number of hydrogen-bond acceptors (Lipinski definition) is 2. The quantitative estimate of drug-likeness (QED) is 0.895. The molecule has 1 unspecified atom stereocenters. The fourth-order valence-corrected chi connectivity index (χ4v) is 2.82. The first-order valence-electron chi connectivity index (χ1n) is 6.70. The molecule has 2 heterocycles. The second kappa shape index (κ2) is 5.36. The van der Waals surface area contributed by atoms with Crippen LogP contribution in [-0.4, -0.2) is 21.6 Å². The number of benzene rings is 1. The van der Waals surface area contributed by atoms with Crippen molar-refractivity contribution >= 4 is 0 Å². The summed E-state index contributed by atoms with van der Waals surface area (Å²) in [7, 11) is 0. The Balaban J connectivity index is 1.76. The summed E-state index contributed by atoms with van der Waals surface area (Å²) in [6.45, 7) is 2.22. The number of aromatic amines is 1. The number of rotatable bonds is 3. The van der Waals surface area contributed by atoms with Crippen LogP contribution in [0.15, 0.2) is 42.7 Å². The molecular weight excluding hydrogens is 222 g/mol. The minimum Gasteiger partial charge on any atom is -0.292 e. The Morgan fingerprint density at radius 3 is 2.89 bits per heavy atom. The Bertz CT molecular complexity index is 464. The van der Waals surface area contributed by atoms with Crippen LogP contribution in [0.2, 0.25) is 0 Å². The monoisotopic (exact) mass is 241 g/mol. The van der Waals surface area contributed by atoms with Crippen LogP contribution in [0.4, 0.5) is 0 Å². The molecule has 1 fully saturated rings. The molecule has 0 radical (unpaired) electrons. The highest BCUT2D eigenvalue weighted by atomic mass is 15.2. The SMILES string of the molecule is c1ccc(CN2CCCCC2c2cn[nH]c2)cc1. The van der Waals surface area contributed by atoms with Crippen molar-refractivity contribution in [2.75, 3.05) is 6.54 Å². The molecule has 0 saturated carbocycles. The number of H-pyrrole nitrogens is 1. The zero-order chi connectivity index (χ0) is 12.2. The molecule has 1 atom stereocenters. The number of likely N-dealkylation sites (tertiary alicyclic amines) is 1. The van der Waals surface area contributed by atoms with Gasteiger partial charge in [0.15, 0.2) is 0 Å². The Labute approximate surface area is 108 Å². The molecule has 18 heavy (non-hydrogen) atoms. The van der Waals surface area contributed by atoms with E-state index in [-0.39, 0.29) is 0 Å². The van der Waals surface area contributed by atoms with E-state index in [0.29, 0.717) is 6.04 Å². The second-order valence-electron chi connectivity index (χ2n) is 5.00. The van der Waals surface area contributed by atoms with E-state index in [9.17, 15) is 0 Å². The molecule has 1 aromatic carbocycles. The Hall–Kier alpha value is -1.61. The molecule has 0 aliphatic carbocycles. The molecule has 1 aromatic heterocycles. The first kappa shape index (κ1) is 11.5. The largest absolute Gasteiger partial charge is 0.292 e. The molecule has 3 rings (SSSR count). The average Bonchev–Trinajstić information content (AvgIpc) is 2.94. The van der Waals surface area contributed by atoms with E-state index in [1.807, 2.05) is 12.4 Å². The van der Waals surface area contributed by atoms with Gasteiger partial charge in [0, 0.05) is 24.3 Å². The summed E-state index contributed by atoms with van der Waals surface area (Å²) in [5.74, 6) is 0. The molecule has 1 aliphatic rings. The fraction of sp³-hybridized carbons (Fsp3) is 0.400. The van der Waals surface area contributed by atoms with Crippen LogP contribution >= 0.6 is 0 Å². The van der Waals surface area contributed by atoms with Gasteiger partial charge in [0.25, 0.3) is 0 Å². The standard InChI is InChI=1S/C15H19N3/c1-2-6-13(7-3-1)12-18-9-5-4-8-15(18)14-10-16-17-11-14/h1-3,6-7,10-11,15H,4-5,8-9,12H2,(H,16,17). The van der Waals surface area contributed by atoms with Gasteiger partial charge in [-0.15, -0.1) is 0 Å². The highest BCUT2D eigenvalue weighted by Gasteiger charge is 2.24. The molecule has 94 valence electrons. The van der Waals surface area contributed by atoms with Crippen LogP contribution in [0.3, 0.4) is 0 Å². The fourth-order valence-electron chi connectivity index (χ4n) is 2.82. The van der Waals surface area contributed by atoms with Crippen LogP contribution < -0.4 is 0 Å². The van der Waals surface area contributed by atoms with E-state index >= 15 is 0 Å². The van der Waals surface area contributed by atoms with Gasteiger partial charge in [-0.25, -0.2) is 0 Å². The van der Waals surface area contributed by atoms with Crippen molar-refractivity contribution in [2.24, 2.45) is 0 Å². The average molecular weight is 241 g/mol. The van der Waals surface area contributed by atoms with E-state index in [2.05, 4.69) is 45.4 Å². The molecule has 1 N–H and O–H groups in total. The molecule has 0 amide bonds. The van der Waals surface area contributed by atoms with E-state index in [0.717, 1.165) is 6.54 Å². The van der Waals surface area contributed by atoms with Gasteiger partial charge in [0.2, 0.25) is 0 Å². The van der Waals surface area contributed by atoms with Crippen LogP contribution in [0.1, 0.15) is 36.4 Å². The Kier molecular flexibility index (Phi) is 3.42. The third-order valence-corrected chi connectivity index (χ3v) is 3.75. The third kappa shape index (κ3) is 2.46. The van der Waals surface area contributed by atoms with E-state index in [4.69, 9.17) is 0 Å². The minimum absolute atomic E-state index is 0.526. The number of nitrogens with one attached hydrogen (secondary N) is 1. The molecule has 0 spiro atoms. The lowest BCUT2D eigenvalue weighted by Crippen LogP contribution is -2.32. The van der Waals surface area contributed by atoms with Gasteiger partial charge < -0.3 is 0 Å². The van der Waals surface area contributed by atoms with Crippen molar-refractivity contribution in [3.05, 3.63) is 53.9 Å². The van der Waals surface area contributed by atoms with Crippen LogP contribution in [0, 0.1) is 0 Å². The van der Waals surface area contributed by atoms with Gasteiger partial charge in [0.1, 0.15) is 0 Å². The van der Waals surface area contributed by atoms with Crippen LogP contribution in [0.5, 0.6) is 0 Å². The molecular formula is C15H19N3. The summed E-state index contributed by atoms with van der Waals surface area (Å²) in [4.78, 5) is 2.57. The van der Waals surface area contributed by atoms with Crippen molar-refractivity contribution < 1.29 is 0 Å². The lowest BCUT2D eigenvalue weighted by atomic mass is 9.97. The lowest BCUT2D eigenvalue weighted by Gasteiger charge is -2.35. The molecule has 2 aromatic rings. The normalized spacial score (nSPS) is 21.0. The minimum atomic E-state index is 0.526. The molecule has 3 nitrogen and oxygen atoms in total. The number of hydrogen-bond donors (Lipinski definition) is 1. The van der Waals surface area contributed by atoms with Crippen molar-refractivity contribution in [3.63, 3.8) is 0 Å². The molecule has 1 aliphatic heterocycles. The van der Waals surface area contributed by atoms with Gasteiger partial charge in [-0.05, 0) is 24.9 Å². The highest BCUT2D eigenvalue weighted by Crippen LogP contribution is 2.31. The van der Waals surface area contributed by atoms with Gasteiger partial charge in [0.05, 0.1) is 6.20 Å². The van der Waals surface area contributed by atoms with Crippen molar-refractivity contribution in [1.29, 1.82) is 0 Å². The van der Waals surface area contributed by atoms with Gasteiger partial charge >= 0.3 is 0 Å². The smallest absolute Gasteiger partial charge is 0.0535 e. The molecule has 0 bridgehead atoms. The zero-order valence-corrected chi connectivity index (χ0v) is 10.5. The van der Waals surface area contributed by atoms with Crippen molar-refractivity contribution in [3.8, 4) is 0 Å². The summed E-state index contributed by atoms with van der Waals surface area (Å²) < 4.78 is 0. The van der Waals surface area contributed by atoms with E-state index in [1.54, 1.807) is 0 Å². The van der Waals surface area contributed by atoms with Crippen LogP contribution in [-0.2, 0) is 6.54 Å². The van der Waals surface area contributed by atoms with E-state index in [1.165, 1.54) is 36.9 Å². The summed E-state index contributed by atoms with van der Waals surface area (Å²) in [5.41, 5.74) is 2.72. The first-order chi connectivity index (χ1) is 8.93. The Morgan fingerprint density at radius 1 is 1.22 bits per heavy atom. The summed E-state index contributed by atoms with van der Waals surface area (Å²) >= 11 is 0. The first-order valence-corrected chi connectivity index (χ1v) is 6.70. The maximum absolute atomic E-state index is 4.09. The Morgan fingerprint density at radius 2 is 2.11 bits per heavy atom. The molecule has 3 heteroatoms. The van der Waals surface area contributed by atoms with Gasteiger partial charge in [-0.2, -0.15) is 5.10 Å². The van der Waals surface area contributed by atoms with E-state index < -0.39 is 0 Å². The number of aromatic nitrogens is 2. The second-order valence-corrected chi connectivity index (χ2v) is 5.00. The van der Waals surface area contributed by atoms with Crippen molar-refractivity contribution in [2.45, 2.75) is 31.8 Å². The molecule has 1 saturated heterocycles. The summed E-state index contributed by atoms with van der Waals surface area (Å²) in [6.07, 6.45) is 7.87. The number of nitrogens with zero attached hydrogens (tertiary/aromatic N) is 2. The van der Waals surface area contributed by atoms with Crippen LogP contribution in [0.25, 0.3) is 0 Å². The lowest BCUT2D eigenvalue weighted by molar-refractivity contribution is 0.140. The summed E-state index contributed by atoms with van der Waals surface area (Å²) in [6, 6.07) is 11.3. The maximum atomic E-state index is 4.09. The highest BCUT2D eigenvalue weighted by molar-refractivity contribution is 5.16. The topological polar surface area (TPSA) is 31.9 Å². The zero-order valence-electron chi connectivity index (χ0n) is 10.5. The maximum Gasteiger partial charge on any atom is 0.0535 e. The number of piperidine rings is 1. The predicted octanol–water partition coefficient (Wildman–Crippen LogP) is 3.14.